The Kier molecular flexibility index (Phi) is 15.5. The normalized spacial score (nSPS) is 16.4. The molecule has 0 saturated carbocycles. The molecule has 0 radical (unpaired) electrons. The van der Waals surface area contributed by atoms with Crippen molar-refractivity contribution in [2.75, 3.05) is 19.7 Å². The van der Waals surface area contributed by atoms with Gasteiger partial charge >= 0.3 is 0 Å². The maximum Gasteiger partial charge on any atom is 0.129 e. The quantitative estimate of drug-likeness (QED) is 0.264. The number of carbonyl (C=O) groups excluding carboxylic acids is 1. The molecule has 0 fully saturated rings. The predicted octanol–water partition coefficient (Wildman–Crippen LogP) is -1.20. The molecule has 6 N–H and O–H groups in total. The summed E-state index contributed by atoms with van der Waals surface area (Å²) in [6.45, 7) is 5.47. The van der Waals surface area contributed by atoms with Crippen molar-refractivity contribution >= 4 is 5.78 Å². The summed E-state index contributed by atoms with van der Waals surface area (Å²) in [5.74, 6) is 0.136. The molecular formula is C14H31NO6. The van der Waals surface area contributed by atoms with Crippen molar-refractivity contribution in [3.63, 3.8) is 0 Å². The average molecular weight is 309 g/mol. The minimum Gasteiger partial charge on any atom is -0.394 e. The molecule has 0 heterocycles. The summed E-state index contributed by atoms with van der Waals surface area (Å²) in [5.41, 5.74) is 0. The molecule has 0 aromatic heterocycles. The van der Waals surface area contributed by atoms with Crippen LogP contribution < -0.4 is 5.32 Å². The van der Waals surface area contributed by atoms with E-state index in [-0.39, 0.29) is 12.3 Å². The van der Waals surface area contributed by atoms with Gasteiger partial charge in [0.15, 0.2) is 0 Å². The molecule has 0 aromatic carbocycles. The lowest BCUT2D eigenvalue weighted by molar-refractivity contribution is -0.117. The third kappa shape index (κ3) is 11.7. The Hall–Kier alpha value is -0.570. The van der Waals surface area contributed by atoms with Crippen molar-refractivity contribution in [1.29, 1.82) is 0 Å². The fraction of sp³-hybridized carbons (Fsp3) is 0.929. The topological polar surface area (TPSA) is 130 Å². The summed E-state index contributed by atoms with van der Waals surface area (Å²) in [4.78, 5) is 10.7. The summed E-state index contributed by atoms with van der Waals surface area (Å²) in [5, 5.41) is 49.0. The highest BCUT2D eigenvalue weighted by Crippen LogP contribution is 2.04. The van der Waals surface area contributed by atoms with Crippen LogP contribution in [-0.4, -0.2) is 75.4 Å². The van der Waals surface area contributed by atoms with Crippen LogP contribution >= 0.6 is 0 Å². The second-order valence-electron chi connectivity index (χ2n) is 4.66. The van der Waals surface area contributed by atoms with Crippen LogP contribution in [0.2, 0.25) is 0 Å². The molecule has 21 heavy (non-hydrogen) atoms. The Morgan fingerprint density at radius 2 is 1.52 bits per heavy atom. The molecule has 0 aliphatic heterocycles. The van der Waals surface area contributed by atoms with Gasteiger partial charge in [0.1, 0.15) is 24.1 Å². The molecule has 7 heteroatoms. The maximum atomic E-state index is 10.7. The molecule has 0 spiro atoms. The van der Waals surface area contributed by atoms with E-state index in [0.717, 1.165) is 12.8 Å². The first-order valence-electron chi connectivity index (χ1n) is 7.43. The van der Waals surface area contributed by atoms with Crippen molar-refractivity contribution in [2.45, 2.75) is 64.4 Å². The zero-order valence-electron chi connectivity index (χ0n) is 13.2. The van der Waals surface area contributed by atoms with E-state index in [1.807, 2.05) is 13.8 Å². The second kappa shape index (κ2) is 14.4. The highest BCUT2D eigenvalue weighted by atomic mass is 16.4. The first kappa shape index (κ1) is 22.7. The molecular weight excluding hydrogens is 278 g/mol. The molecule has 7 nitrogen and oxygen atoms in total. The van der Waals surface area contributed by atoms with Gasteiger partial charge in [0.05, 0.1) is 12.7 Å². The van der Waals surface area contributed by atoms with Crippen LogP contribution in [0.3, 0.4) is 0 Å². The van der Waals surface area contributed by atoms with Crippen LogP contribution in [0.5, 0.6) is 0 Å². The van der Waals surface area contributed by atoms with Gasteiger partial charge in [-0.1, -0.05) is 13.8 Å². The number of aliphatic hydroxyl groups is 5. The second-order valence-corrected chi connectivity index (χ2v) is 4.66. The fourth-order valence-corrected chi connectivity index (χ4v) is 1.56. The van der Waals surface area contributed by atoms with Crippen molar-refractivity contribution in [3.8, 4) is 0 Å². The zero-order valence-corrected chi connectivity index (χ0v) is 13.2. The van der Waals surface area contributed by atoms with Crippen LogP contribution in [0.25, 0.3) is 0 Å². The number of hydrogen-bond acceptors (Lipinski definition) is 7. The van der Waals surface area contributed by atoms with Gasteiger partial charge in [0.25, 0.3) is 0 Å². The molecule has 0 rings (SSSR count). The number of rotatable bonds is 11. The van der Waals surface area contributed by atoms with E-state index >= 15 is 0 Å². The Morgan fingerprint density at radius 3 is 2.00 bits per heavy atom. The smallest absolute Gasteiger partial charge is 0.129 e. The van der Waals surface area contributed by atoms with Crippen molar-refractivity contribution in [3.05, 3.63) is 0 Å². The van der Waals surface area contributed by atoms with Crippen molar-refractivity contribution in [2.24, 2.45) is 0 Å². The number of unbranched alkanes of at least 4 members (excludes halogenated alkanes) is 1. The first-order valence-corrected chi connectivity index (χ1v) is 7.43. The summed E-state index contributed by atoms with van der Waals surface area (Å²) in [6, 6.07) is 0. The van der Waals surface area contributed by atoms with Gasteiger partial charge in [-0.05, 0) is 26.3 Å². The standard InChI is InChI=1S/C12H25NO6.C2H6/c1-8(15)4-2-3-5-13-6-9(16)11(18)12(19)10(17)7-14;1-2/h9-14,16-19H,2-7H2,1H3;1-2H3. The molecule has 0 aliphatic carbocycles. The molecule has 0 amide bonds. The number of carbonyl (C=O) groups is 1. The van der Waals surface area contributed by atoms with Crippen LogP contribution in [0.1, 0.15) is 40.0 Å². The van der Waals surface area contributed by atoms with Gasteiger partial charge in [-0.15, -0.1) is 0 Å². The minimum atomic E-state index is -1.60. The highest BCUT2D eigenvalue weighted by molar-refractivity contribution is 5.75. The molecule has 4 unspecified atom stereocenters. The van der Waals surface area contributed by atoms with E-state index < -0.39 is 31.0 Å². The van der Waals surface area contributed by atoms with E-state index in [0.29, 0.717) is 13.0 Å². The third-order valence-electron chi connectivity index (χ3n) is 2.81. The molecule has 128 valence electrons. The summed E-state index contributed by atoms with van der Waals surface area (Å²) < 4.78 is 0. The van der Waals surface area contributed by atoms with Gasteiger partial charge in [-0.25, -0.2) is 0 Å². The average Bonchev–Trinajstić information content (AvgIpc) is 2.49. The van der Waals surface area contributed by atoms with Crippen LogP contribution in [0.4, 0.5) is 0 Å². The van der Waals surface area contributed by atoms with Crippen LogP contribution in [-0.2, 0) is 4.79 Å². The lowest BCUT2D eigenvalue weighted by Gasteiger charge is -2.25. The third-order valence-corrected chi connectivity index (χ3v) is 2.81. The van der Waals surface area contributed by atoms with E-state index in [1.165, 1.54) is 6.92 Å². The van der Waals surface area contributed by atoms with E-state index in [2.05, 4.69) is 5.32 Å². The molecule has 0 bridgehead atoms. The largest absolute Gasteiger partial charge is 0.394 e. The fourth-order valence-electron chi connectivity index (χ4n) is 1.56. The van der Waals surface area contributed by atoms with Gasteiger partial charge in [0.2, 0.25) is 0 Å². The minimum absolute atomic E-state index is 0.0520. The molecule has 0 aromatic rings. The Morgan fingerprint density at radius 1 is 1.00 bits per heavy atom. The summed E-state index contributed by atoms with van der Waals surface area (Å²) in [7, 11) is 0. The number of aliphatic hydroxyl groups excluding tert-OH is 5. The summed E-state index contributed by atoms with van der Waals surface area (Å²) >= 11 is 0. The zero-order chi connectivity index (χ0) is 16.8. The van der Waals surface area contributed by atoms with E-state index in [4.69, 9.17) is 10.2 Å². The van der Waals surface area contributed by atoms with E-state index in [9.17, 15) is 20.1 Å². The highest BCUT2D eigenvalue weighted by Gasteiger charge is 2.29. The maximum absolute atomic E-state index is 10.7. The van der Waals surface area contributed by atoms with E-state index in [1.54, 1.807) is 0 Å². The number of ketones is 1. The molecule has 0 saturated heterocycles. The lowest BCUT2D eigenvalue weighted by Crippen LogP contribution is -2.49. The monoisotopic (exact) mass is 309 g/mol. The lowest BCUT2D eigenvalue weighted by atomic mass is 10.0. The SMILES string of the molecule is CC.CC(=O)CCCCNCC(O)C(O)C(O)C(O)CO. The summed E-state index contributed by atoms with van der Waals surface area (Å²) in [6.07, 6.45) is -3.82. The van der Waals surface area contributed by atoms with Crippen molar-refractivity contribution < 1.29 is 30.3 Å². The Bertz CT molecular complexity index is 252. The first-order chi connectivity index (χ1) is 9.90. The van der Waals surface area contributed by atoms with Gasteiger partial charge in [0, 0.05) is 13.0 Å². The number of nitrogens with one attached hydrogen (secondary N) is 1. The van der Waals surface area contributed by atoms with Gasteiger partial charge in [-0.2, -0.15) is 0 Å². The molecule has 0 aliphatic rings. The van der Waals surface area contributed by atoms with Crippen molar-refractivity contribution in [1.82, 2.24) is 5.32 Å². The van der Waals surface area contributed by atoms with Crippen LogP contribution in [0, 0.1) is 0 Å². The molecule has 4 atom stereocenters. The van der Waals surface area contributed by atoms with Gasteiger partial charge < -0.3 is 35.6 Å². The Balaban J connectivity index is 0. The number of Topliss-reactive ketones (excluding diaryl/α,β-unsaturated/α-hetero) is 1. The predicted molar refractivity (Wildman–Crippen MR) is 79.9 cm³/mol. The van der Waals surface area contributed by atoms with Crippen LogP contribution in [0.15, 0.2) is 0 Å². The number of hydrogen-bond donors (Lipinski definition) is 6. The van der Waals surface area contributed by atoms with Gasteiger partial charge in [-0.3, -0.25) is 0 Å². The Labute approximate surface area is 126 Å².